The van der Waals surface area contributed by atoms with Crippen LogP contribution in [0.25, 0.3) is 0 Å². The molecule has 1 aromatic carbocycles. The van der Waals surface area contributed by atoms with Crippen LogP contribution in [0.15, 0.2) is 30.3 Å². The molecule has 2 aromatic rings. The zero-order valence-electron chi connectivity index (χ0n) is 20.2. The van der Waals surface area contributed by atoms with Crippen molar-refractivity contribution in [3.63, 3.8) is 0 Å². The number of aliphatic hydroxyl groups is 1. The van der Waals surface area contributed by atoms with Gasteiger partial charge < -0.3 is 14.6 Å². The molecule has 0 aliphatic rings. The molecule has 0 bridgehead atoms. The van der Waals surface area contributed by atoms with Crippen molar-refractivity contribution in [2.75, 3.05) is 13.7 Å². The molecule has 4 nitrogen and oxygen atoms in total. The van der Waals surface area contributed by atoms with Gasteiger partial charge in [0.25, 0.3) is 0 Å². The third kappa shape index (κ3) is 5.50. The zero-order chi connectivity index (χ0) is 23.4. The largest absolute Gasteiger partial charge is 0.491 e. The van der Waals surface area contributed by atoms with Gasteiger partial charge in [0.15, 0.2) is 0 Å². The number of carbonyl (C=O) groups excluding carboxylic acids is 1. The Balaban J connectivity index is 2.45. The Hall–Kier alpha value is -1.85. The van der Waals surface area contributed by atoms with Gasteiger partial charge in [-0.05, 0) is 53.5 Å². The molecule has 172 valence electrons. The number of hydrogen-bond donors (Lipinski definition) is 1. The molecule has 1 N–H and O–H groups in total. The van der Waals surface area contributed by atoms with Gasteiger partial charge in [-0.3, -0.25) is 0 Å². The first-order chi connectivity index (χ1) is 14.5. The highest BCUT2D eigenvalue weighted by molar-refractivity contribution is 7.14. The van der Waals surface area contributed by atoms with Crippen LogP contribution < -0.4 is 4.74 Å². The van der Waals surface area contributed by atoms with Gasteiger partial charge in [0.05, 0.1) is 13.2 Å². The lowest BCUT2D eigenvalue weighted by Gasteiger charge is -2.33. The van der Waals surface area contributed by atoms with Gasteiger partial charge in [0.2, 0.25) is 0 Å². The van der Waals surface area contributed by atoms with E-state index in [1.54, 1.807) is 0 Å². The van der Waals surface area contributed by atoms with Crippen LogP contribution in [0.1, 0.15) is 92.9 Å². The lowest BCUT2D eigenvalue weighted by Crippen LogP contribution is -2.32. The Morgan fingerprint density at radius 3 is 2.26 bits per heavy atom. The second-order valence-electron chi connectivity index (χ2n) is 9.54. The topological polar surface area (TPSA) is 55.8 Å². The molecular formula is C26H38O4S. The number of ether oxygens (including phenoxy) is 2. The van der Waals surface area contributed by atoms with Crippen LogP contribution in [0.3, 0.4) is 0 Å². The molecular weight excluding hydrogens is 408 g/mol. The van der Waals surface area contributed by atoms with Gasteiger partial charge in [0, 0.05) is 10.3 Å². The molecule has 0 saturated heterocycles. The lowest BCUT2D eigenvalue weighted by molar-refractivity contribution is 0.0215. The predicted octanol–water partition coefficient (Wildman–Crippen LogP) is 6.55. The third-order valence-electron chi connectivity index (χ3n) is 6.25. The van der Waals surface area contributed by atoms with Crippen molar-refractivity contribution in [1.29, 1.82) is 0 Å². The summed E-state index contributed by atoms with van der Waals surface area (Å²) in [5.74, 6) is 0.813. The predicted molar refractivity (Wildman–Crippen MR) is 129 cm³/mol. The van der Waals surface area contributed by atoms with E-state index in [1.807, 2.05) is 32.9 Å². The van der Waals surface area contributed by atoms with Gasteiger partial charge in [0.1, 0.15) is 17.2 Å². The second kappa shape index (κ2) is 10.2. The first-order valence-electron chi connectivity index (χ1n) is 11.1. The molecule has 0 amide bonds. The normalized spacial score (nSPS) is 13.4. The third-order valence-corrected chi connectivity index (χ3v) is 7.52. The number of hydrogen-bond acceptors (Lipinski definition) is 5. The standard InChI is InChI=1S/C26H38O4S/c1-9-26(10-2,23-14-13-21(31-23)24(28)29-8)18-11-12-20(19(15-18)17(3)4)30-16-22(27)25(5,6)7/h11-15,17,22,27H,9-10,16H2,1-8H3. The Morgan fingerprint density at radius 1 is 1.10 bits per heavy atom. The summed E-state index contributed by atoms with van der Waals surface area (Å²) in [6, 6.07) is 10.3. The van der Waals surface area contributed by atoms with Gasteiger partial charge in [-0.15, -0.1) is 11.3 Å². The number of methoxy groups -OCH3 is 1. The minimum atomic E-state index is -0.541. The van der Waals surface area contributed by atoms with Crippen molar-refractivity contribution in [3.8, 4) is 5.75 Å². The minimum Gasteiger partial charge on any atom is -0.491 e. The molecule has 5 heteroatoms. The number of esters is 1. The van der Waals surface area contributed by atoms with Crippen molar-refractivity contribution >= 4 is 17.3 Å². The fourth-order valence-corrected chi connectivity index (χ4v) is 5.08. The van der Waals surface area contributed by atoms with Crippen molar-refractivity contribution in [2.45, 2.75) is 78.7 Å². The van der Waals surface area contributed by atoms with Crippen LogP contribution in [0.4, 0.5) is 0 Å². The molecule has 2 rings (SSSR count). The molecule has 0 aliphatic carbocycles. The summed E-state index contributed by atoms with van der Waals surface area (Å²) in [4.78, 5) is 13.8. The summed E-state index contributed by atoms with van der Waals surface area (Å²) in [5.41, 5.74) is 1.95. The van der Waals surface area contributed by atoms with Gasteiger partial charge in [-0.1, -0.05) is 60.6 Å². The van der Waals surface area contributed by atoms with Crippen molar-refractivity contribution < 1.29 is 19.4 Å². The van der Waals surface area contributed by atoms with Crippen LogP contribution in [-0.2, 0) is 10.2 Å². The van der Waals surface area contributed by atoms with E-state index in [-0.39, 0.29) is 29.3 Å². The van der Waals surface area contributed by atoms with Crippen molar-refractivity contribution in [2.24, 2.45) is 5.41 Å². The fourth-order valence-electron chi connectivity index (χ4n) is 3.80. The Labute approximate surface area is 191 Å². The maximum absolute atomic E-state index is 12.0. The number of thiophene rings is 1. The maximum Gasteiger partial charge on any atom is 0.348 e. The highest BCUT2D eigenvalue weighted by Gasteiger charge is 2.34. The summed E-state index contributed by atoms with van der Waals surface area (Å²) in [7, 11) is 1.42. The summed E-state index contributed by atoms with van der Waals surface area (Å²) < 4.78 is 11.0. The molecule has 0 aliphatic heterocycles. The monoisotopic (exact) mass is 446 g/mol. The molecule has 1 aromatic heterocycles. The summed E-state index contributed by atoms with van der Waals surface area (Å²) >= 11 is 1.51. The first-order valence-corrected chi connectivity index (χ1v) is 12.0. The summed E-state index contributed by atoms with van der Waals surface area (Å²) in [6.07, 6.45) is 1.30. The van der Waals surface area contributed by atoms with E-state index in [0.29, 0.717) is 4.88 Å². The molecule has 0 radical (unpaired) electrons. The first kappa shape index (κ1) is 25.4. The quantitative estimate of drug-likeness (QED) is 0.444. The van der Waals surface area contributed by atoms with Crippen LogP contribution >= 0.6 is 11.3 Å². The average Bonchev–Trinajstić information content (AvgIpc) is 3.23. The number of rotatable bonds is 9. The number of aliphatic hydroxyl groups excluding tert-OH is 1. The van der Waals surface area contributed by atoms with E-state index in [2.05, 4.69) is 45.9 Å². The van der Waals surface area contributed by atoms with Crippen molar-refractivity contribution in [1.82, 2.24) is 0 Å². The Bertz CT molecular complexity index is 872. The molecule has 1 atom stereocenters. The molecule has 1 unspecified atom stereocenters. The summed E-state index contributed by atoms with van der Waals surface area (Å²) in [5, 5.41) is 10.4. The minimum absolute atomic E-state index is 0.177. The SMILES string of the molecule is CCC(CC)(c1ccc(OCC(O)C(C)(C)C)c(C(C)C)c1)c1ccc(C(=O)OC)s1. The maximum atomic E-state index is 12.0. The van der Waals surface area contributed by atoms with Crippen LogP contribution in [0.5, 0.6) is 5.75 Å². The molecule has 1 heterocycles. The van der Waals surface area contributed by atoms with E-state index in [0.717, 1.165) is 24.2 Å². The number of benzene rings is 1. The lowest BCUT2D eigenvalue weighted by atomic mass is 9.73. The number of carbonyl (C=O) groups is 1. The van der Waals surface area contributed by atoms with Gasteiger partial charge in [-0.2, -0.15) is 0 Å². The molecule has 0 saturated carbocycles. The zero-order valence-corrected chi connectivity index (χ0v) is 21.1. The molecule has 0 spiro atoms. The average molecular weight is 447 g/mol. The molecule has 0 fully saturated rings. The van der Waals surface area contributed by atoms with Crippen molar-refractivity contribution in [3.05, 3.63) is 51.2 Å². The van der Waals surface area contributed by atoms with Gasteiger partial charge >= 0.3 is 5.97 Å². The van der Waals surface area contributed by atoms with E-state index < -0.39 is 6.10 Å². The van der Waals surface area contributed by atoms with Crippen LogP contribution in [0.2, 0.25) is 0 Å². The Kier molecular flexibility index (Phi) is 8.34. The van der Waals surface area contributed by atoms with E-state index >= 15 is 0 Å². The fraction of sp³-hybridized carbons (Fsp3) is 0.577. The van der Waals surface area contributed by atoms with E-state index in [9.17, 15) is 9.90 Å². The molecule has 31 heavy (non-hydrogen) atoms. The summed E-state index contributed by atoms with van der Waals surface area (Å²) in [6.45, 7) is 15.0. The van der Waals surface area contributed by atoms with Crippen LogP contribution in [-0.4, -0.2) is 30.9 Å². The second-order valence-corrected chi connectivity index (χ2v) is 10.6. The van der Waals surface area contributed by atoms with Gasteiger partial charge in [-0.25, -0.2) is 4.79 Å². The highest BCUT2D eigenvalue weighted by Crippen LogP contribution is 2.44. The Morgan fingerprint density at radius 2 is 1.74 bits per heavy atom. The van der Waals surface area contributed by atoms with E-state index in [1.165, 1.54) is 28.9 Å². The van der Waals surface area contributed by atoms with E-state index in [4.69, 9.17) is 9.47 Å². The van der Waals surface area contributed by atoms with Crippen LogP contribution in [0, 0.1) is 5.41 Å². The smallest absolute Gasteiger partial charge is 0.348 e. The highest BCUT2D eigenvalue weighted by atomic mass is 32.1.